The molecule has 40 heavy (non-hydrogen) atoms. The minimum atomic E-state index is -4.64. The van der Waals surface area contributed by atoms with Gasteiger partial charge in [0.1, 0.15) is 0 Å². The number of aliphatic carboxylic acids is 3. The fraction of sp³-hybridized carbons (Fsp3) is 0.500. The van der Waals surface area contributed by atoms with Crippen molar-refractivity contribution in [2.45, 2.75) is 18.4 Å². The molecule has 0 aliphatic carbocycles. The molecule has 0 saturated carbocycles. The lowest BCUT2D eigenvalue weighted by Crippen LogP contribution is -2.42. The van der Waals surface area contributed by atoms with Crippen LogP contribution in [0.3, 0.4) is 0 Å². The van der Waals surface area contributed by atoms with Gasteiger partial charge in [-0.2, -0.15) is 0 Å². The molecule has 0 heterocycles. The van der Waals surface area contributed by atoms with Crippen LogP contribution in [-0.4, -0.2) is 155 Å². The van der Waals surface area contributed by atoms with Crippen molar-refractivity contribution in [1.82, 2.24) is 0 Å². The molecule has 0 aromatic rings. The third kappa shape index (κ3) is 218. The molecule has 0 fully saturated rings. The zero-order chi connectivity index (χ0) is 34.9. The average molecular weight is 672 g/mol. The standard InChI is InChI=1S/C6H8O7.3BH3O3.3H3O4P/c7-3(8)1-6(13,5(11)12)2-4(9)10;3*2-1(3)4;3*1-5(2,3)4/h13H,1-2H2,(H,7,8)(H,9,10)(H,11,12);3*2-4H;3*(H3,1,2,3,4). The Morgan fingerprint density at radius 2 is 0.575 bits per heavy atom. The first kappa shape index (κ1) is 54.6. The Bertz CT molecular complexity index is 669. The maximum absolute atomic E-state index is 10.3. The molecule has 0 aliphatic heterocycles. The maximum atomic E-state index is 10.3. The molecule has 0 radical (unpaired) electrons. The molecule has 0 rings (SSSR count). The van der Waals surface area contributed by atoms with Crippen molar-refractivity contribution in [2.75, 3.05) is 0 Å². The van der Waals surface area contributed by atoms with E-state index in [0.29, 0.717) is 0 Å². The third-order valence-corrected chi connectivity index (χ3v) is 1.29. The van der Waals surface area contributed by atoms with Crippen LogP contribution in [0.5, 0.6) is 0 Å². The lowest BCUT2D eigenvalue weighted by Gasteiger charge is -2.18. The molecule has 0 amide bonds. The van der Waals surface area contributed by atoms with Gasteiger partial charge < -0.3 is 110 Å². The second-order valence-electron chi connectivity index (χ2n) is 5.06. The first-order valence-corrected chi connectivity index (χ1v) is 12.5. The number of carbonyl (C=O) groups is 3. The Labute approximate surface area is 220 Å². The predicted octanol–water partition coefficient (Wildman–Crippen LogP) is -10.2. The third-order valence-electron chi connectivity index (χ3n) is 1.29. The first-order chi connectivity index (χ1) is 17.0. The number of phosphoric acid groups is 3. The van der Waals surface area contributed by atoms with E-state index in [9.17, 15) is 14.4 Å². The van der Waals surface area contributed by atoms with Crippen LogP contribution in [0.15, 0.2) is 0 Å². The Balaban J connectivity index is -0.0000000685. The Morgan fingerprint density at radius 3 is 0.625 bits per heavy atom. The van der Waals surface area contributed by atoms with Gasteiger partial charge in [0.05, 0.1) is 12.8 Å². The topological polar surface area (TPSA) is 547 Å². The molecular weight excluding hydrogens is 645 g/mol. The van der Waals surface area contributed by atoms with Crippen LogP contribution in [0.2, 0.25) is 0 Å². The first-order valence-electron chi connectivity index (χ1n) is 7.84. The highest BCUT2D eigenvalue weighted by Crippen LogP contribution is 2.26. The van der Waals surface area contributed by atoms with Gasteiger partial charge in [0, 0.05) is 0 Å². The predicted molar refractivity (Wildman–Crippen MR) is 117 cm³/mol. The molecule has 0 spiro atoms. The summed E-state index contributed by atoms with van der Waals surface area (Å²) in [6.45, 7) is 0. The number of rotatable bonds is 5. The summed E-state index contributed by atoms with van der Waals surface area (Å²) >= 11 is 0. The summed E-state index contributed by atoms with van der Waals surface area (Å²) in [5.74, 6) is -5.02. The fourth-order valence-corrected chi connectivity index (χ4v) is 0.714. The zero-order valence-electron chi connectivity index (χ0n) is 18.8. The summed E-state index contributed by atoms with van der Waals surface area (Å²) in [4.78, 5) is 95.2. The van der Waals surface area contributed by atoms with Crippen LogP contribution in [0, 0.1) is 0 Å². The van der Waals surface area contributed by atoms with Crippen molar-refractivity contribution in [3.05, 3.63) is 0 Å². The van der Waals surface area contributed by atoms with Crippen molar-refractivity contribution in [1.29, 1.82) is 0 Å². The van der Waals surface area contributed by atoms with Crippen LogP contribution < -0.4 is 0 Å². The zero-order valence-corrected chi connectivity index (χ0v) is 21.5. The van der Waals surface area contributed by atoms with Gasteiger partial charge >= 0.3 is 63.3 Å². The lowest BCUT2D eigenvalue weighted by atomic mass is 9.96. The van der Waals surface area contributed by atoms with E-state index < -0.39 is 81.8 Å². The van der Waals surface area contributed by atoms with Gasteiger partial charge in [0.25, 0.3) is 0 Å². The van der Waals surface area contributed by atoms with E-state index in [-0.39, 0.29) is 0 Å². The van der Waals surface area contributed by atoms with Crippen LogP contribution in [0.4, 0.5) is 0 Å². The number of aliphatic hydroxyl groups is 1. The van der Waals surface area contributed by atoms with E-state index in [1.807, 2.05) is 0 Å². The van der Waals surface area contributed by atoms with E-state index in [1.54, 1.807) is 0 Å². The highest BCUT2D eigenvalue weighted by Gasteiger charge is 2.40. The van der Waals surface area contributed by atoms with E-state index in [2.05, 4.69) is 0 Å². The van der Waals surface area contributed by atoms with E-state index in [4.69, 9.17) is 123 Å². The Hall–Kier alpha value is -1.47. The van der Waals surface area contributed by atoms with Gasteiger partial charge in [0.15, 0.2) is 5.60 Å². The summed E-state index contributed by atoms with van der Waals surface area (Å²) in [5, 5.41) is 98.3. The minimum absolute atomic E-state index is 1.14. The Morgan fingerprint density at radius 1 is 0.475 bits per heavy atom. The van der Waals surface area contributed by atoms with Gasteiger partial charge in [0.2, 0.25) is 0 Å². The fourth-order valence-electron chi connectivity index (χ4n) is 0.714. The summed E-state index contributed by atoms with van der Waals surface area (Å²) < 4.78 is 26.6. The van der Waals surface area contributed by atoms with Crippen LogP contribution in [0.1, 0.15) is 12.8 Å². The number of carboxylic acids is 3. The summed E-state index contributed by atoms with van der Waals surface area (Å²) in [7, 11) is -20.4. The molecule has 0 aromatic heterocycles. The van der Waals surface area contributed by atoms with Crippen LogP contribution in [0.25, 0.3) is 0 Å². The monoisotopic (exact) mass is 672 g/mol. The molecule has 34 heteroatoms. The van der Waals surface area contributed by atoms with Crippen molar-refractivity contribution in [3.8, 4) is 0 Å². The van der Waals surface area contributed by atoms with Crippen LogP contribution >= 0.6 is 23.5 Å². The molecule has 28 nitrogen and oxygen atoms in total. The molecule has 22 N–H and O–H groups in total. The largest absolute Gasteiger partial charge is 0.631 e. The summed E-state index contributed by atoms with van der Waals surface area (Å²) in [5.41, 5.74) is -2.74. The Kier molecular flexibility index (Phi) is 37.8. The van der Waals surface area contributed by atoms with Crippen LogP contribution in [-0.2, 0) is 28.1 Å². The van der Waals surface area contributed by atoms with Gasteiger partial charge in [-0.05, 0) is 0 Å². The average Bonchev–Trinajstić information content (AvgIpc) is 2.45. The number of carboxylic acid groups (broad SMARTS) is 3. The van der Waals surface area contributed by atoms with Gasteiger partial charge in [-0.25, -0.2) is 18.5 Å². The molecule has 0 saturated heterocycles. The van der Waals surface area contributed by atoms with Crippen molar-refractivity contribution in [2.24, 2.45) is 0 Å². The second-order valence-corrected chi connectivity index (χ2v) is 8.14. The molecular formula is C6H26B3O28P3. The molecule has 0 aliphatic rings. The molecule has 242 valence electrons. The lowest BCUT2D eigenvalue weighted by molar-refractivity contribution is -0.170. The number of hydrogen-bond acceptors (Lipinski definition) is 16. The maximum Gasteiger partial charge on any atom is 0.631 e. The van der Waals surface area contributed by atoms with E-state index in [1.165, 1.54) is 0 Å². The molecule has 0 bridgehead atoms. The summed E-state index contributed by atoms with van der Waals surface area (Å²) in [6, 6.07) is 0. The van der Waals surface area contributed by atoms with Gasteiger partial charge in [-0.15, -0.1) is 0 Å². The molecule has 0 atom stereocenters. The minimum Gasteiger partial charge on any atom is -0.481 e. The molecule has 0 aromatic carbocycles. The quantitative estimate of drug-likeness (QED) is 0.0952. The van der Waals surface area contributed by atoms with Crippen molar-refractivity contribution >= 4 is 63.3 Å². The second kappa shape index (κ2) is 27.7. The smallest absolute Gasteiger partial charge is 0.481 e. The van der Waals surface area contributed by atoms with Gasteiger partial charge in [-0.1, -0.05) is 0 Å². The molecule has 0 unspecified atom stereocenters. The normalized spacial score (nSPS) is 9.97. The number of hydrogen-bond donors (Lipinski definition) is 22. The van der Waals surface area contributed by atoms with Crippen molar-refractivity contribution in [3.63, 3.8) is 0 Å². The van der Waals surface area contributed by atoms with E-state index in [0.717, 1.165) is 0 Å². The highest BCUT2D eigenvalue weighted by atomic mass is 31.2. The van der Waals surface area contributed by atoms with E-state index >= 15 is 0 Å². The van der Waals surface area contributed by atoms with Gasteiger partial charge in [-0.3, -0.25) is 9.59 Å². The van der Waals surface area contributed by atoms with Crippen molar-refractivity contribution < 1.29 is 138 Å². The SMILES string of the molecule is O=C(O)CC(O)(CC(=O)O)C(=O)O.O=P(O)(O)O.O=P(O)(O)O.O=P(O)(O)O.OB(O)O.OB(O)O.OB(O)O. The highest BCUT2D eigenvalue weighted by molar-refractivity contribution is 7.45. The summed E-state index contributed by atoms with van der Waals surface area (Å²) in [6.07, 6.45) is -2.29.